The van der Waals surface area contributed by atoms with Crippen LogP contribution in [0.15, 0.2) is 16.9 Å². The number of anilines is 2. The molecule has 1 aromatic heterocycles. The molecule has 0 radical (unpaired) electrons. The van der Waals surface area contributed by atoms with Crippen molar-refractivity contribution in [1.29, 1.82) is 0 Å². The van der Waals surface area contributed by atoms with E-state index in [1.807, 2.05) is 0 Å². The summed E-state index contributed by atoms with van der Waals surface area (Å²) in [5.41, 5.74) is 7.30. The molecule has 0 saturated heterocycles. The number of nitrogens with zero attached hydrogens (tertiary/aromatic N) is 1. The lowest BCUT2D eigenvalue weighted by Crippen LogP contribution is -2.07. The number of ether oxygens (including phenoxy) is 1. The third-order valence-corrected chi connectivity index (χ3v) is 2.36. The highest BCUT2D eigenvalue weighted by molar-refractivity contribution is 9.10. The molecule has 0 fully saturated rings. The van der Waals surface area contributed by atoms with Crippen LogP contribution in [0.1, 0.15) is 6.42 Å². The van der Waals surface area contributed by atoms with Crippen LogP contribution < -0.4 is 11.1 Å². The molecule has 1 heterocycles. The Morgan fingerprint density at radius 2 is 2.36 bits per heavy atom. The number of hydrogen-bond acceptors (Lipinski definition) is 4. The number of nitrogens with two attached hydrogens (primary N) is 1. The fourth-order valence-corrected chi connectivity index (χ4v) is 1.55. The first kappa shape index (κ1) is 11.3. The predicted molar refractivity (Wildman–Crippen MR) is 61.3 cm³/mol. The fraction of sp³-hybridized carbons (Fsp3) is 0.444. The Morgan fingerprint density at radius 3 is 3.00 bits per heavy atom. The van der Waals surface area contributed by atoms with Gasteiger partial charge >= 0.3 is 0 Å². The SMILES string of the molecule is COCCCNc1c(N)cncc1Br. The molecule has 0 saturated carbocycles. The van der Waals surface area contributed by atoms with Gasteiger partial charge in [-0.2, -0.15) is 0 Å². The Labute approximate surface area is 92.0 Å². The van der Waals surface area contributed by atoms with Crippen LogP contribution in [0.3, 0.4) is 0 Å². The van der Waals surface area contributed by atoms with Crippen molar-refractivity contribution in [3.05, 3.63) is 16.9 Å². The highest BCUT2D eigenvalue weighted by Gasteiger charge is 2.02. The Hall–Kier alpha value is -0.810. The first-order valence-corrected chi connectivity index (χ1v) is 5.16. The van der Waals surface area contributed by atoms with Crippen molar-refractivity contribution in [2.45, 2.75) is 6.42 Å². The summed E-state index contributed by atoms with van der Waals surface area (Å²) in [6.45, 7) is 1.58. The molecule has 0 unspecified atom stereocenters. The number of nitrogen functional groups attached to an aromatic ring is 1. The minimum Gasteiger partial charge on any atom is -0.396 e. The van der Waals surface area contributed by atoms with E-state index in [1.54, 1.807) is 19.5 Å². The normalized spacial score (nSPS) is 10.1. The number of hydrogen-bond donors (Lipinski definition) is 2. The largest absolute Gasteiger partial charge is 0.396 e. The second-order valence-electron chi connectivity index (χ2n) is 2.86. The van der Waals surface area contributed by atoms with Crippen LogP contribution in [-0.2, 0) is 4.74 Å². The van der Waals surface area contributed by atoms with Crippen molar-refractivity contribution in [1.82, 2.24) is 4.98 Å². The Balaban J connectivity index is 2.49. The zero-order valence-corrected chi connectivity index (χ0v) is 9.67. The molecule has 0 atom stereocenters. The maximum atomic E-state index is 5.75. The number of rotatable bonds is 5. The van der Waals surface area contributed by atoms with Gasteiger partial charge in [0.1, 0.15) is 0 Å². The van der Waals surface area contributed by atoms with Gasteiger partial charge in [-0.1, -0.05) is 0 Å². The molecule has 4 nitrogen and oxygen atoms in total. The van der Waals surface area contributed by atoms with Crippen LogP contribution in [0.25, 0.3) is 0 Å². The summed E-state index contributed by atoms with van der Waals surface area (Å²) in [4.78, 5) is 3.95. The molecule has 14 heavy (non-hydrogen) atoms. The first-order valence-electron chi connectivity index (χ1n) is 4.37. The lowest BCUT2D eigenvalue weighted by molar-refractivity contribution is 0.198. The van der Waals surface area contributed by atoms with E-state index in [4.69, 9.17) is 10.5 Å². The molecule has 0 bridgehead atoms. The zero-order chi connectivity index (χ0) is 10.4. The smallest absolute Gasteiger partial charge is 0.0750 e. The topological polar surface area (TPSA) is 60.2 Å². The molecule has 0 aliphatic carbocycles. The molecule has 0 aromatic carbocycles. The molecule has 78 valence electrons. The van der Waals surface area contributed by atoms with Crippen molar-refractivity contribution in [2.75, 3.05) is 31.3 Å². The van der Waals surface area contributed by atoms with Gasteiger partial charge in [0, 0.05) is 26.5 Å². The molecule has 0 aliphatic heterocycles. The quantitative estimate of drug-likeness (QED) is 0.793. The second kappa shape index (κ2) is 5.82. The molecule has 5 heteroatoms. The van der Waals surface area contributed by atoms with Gasteiger partial charge in [-0.3, -0.25) is 4.98 Å². The van der Waals surface area contributed by atoms with Crippen molar-refractivity contribution < 1.29 is 4.74 Å². The maximum Gasteiger partial charge on any atom is 0.0750 e. The third kappa shape index (κ3) is 3.16. The third-order valence-electron chi connectivity index (χ3n) is 1.76. The van der Waals surface area contributed by atoms with E-state index < -0.39 is 0 Å². The van der Waals surface area contributed by atoms with Gasteiger partial charge in [0.05, 0.1) is 22.0 Å². The summed E-state index contributed by atoms with van der Waals surface area (Å²) < 4.78 is 5.83. The number of nitrogens with one attached hydrogen (secondary N) is 1. The van der Waals surface area contributed by atoms with E-state index in [9.17, 15) is 0 Å². The van der Waals surface area contributed by atoms with Crippen molar-refractivity contribution >= 4 is 27.3 Å². The summed E-state index contributed by atoms with van der Waals surface area (Å²) in [5.74, 6) is 0. The van der Waals surface area contributed by atoms with Gasteiger partial charge in [0.15, 0.2) is 0 Å². The van der Waals surface area contributed by atoms with Gasteiger partial charge in [0.25, 0.3) is 0 Å². The Kier molecular flexibility index (Phi) is 4.69. The second-order valence-corrected chi connectivity index (χ2v) is 3.71. The number of aromatic nitrogens is 1. The van der Waals surface area contributed by atoms with E-state index in [0.717, 1.165) is 29.7 Å². The Morgan fingerprint density at radius 1 is 1.57 bits per heavy atom. The van der Waals surface area contributed by atoms with Crippen LogP contribution in [0.4, 0.5) is 11.4 Å². The average molecular weight is 260 g/mol. The predicted octanol–water partition coefficient (Wildman–Crippen LogP) is 1.87. The molecule has 3 N–H and O–H groups in total. The summed E-state index contributed by atoms with van der Waals surface area (Å²) >= 11 is 3.38. The first-order chi connectivity index (χ1) is 6.75. The van der Waals surface area contributed by atoms with Crippen LogP contribution in [0, 0.1) is 0 Å². The molecule has 1 aromatic rings. The molecular weight excluding hydrogens is 246 g/mol. The minimum absolute atomic E-state index is 0.650. The standard InChI is InChI=1S/C9H14BrN3O/c1-14-4-2-3-13-9-7(10)5-12-6-8(9)11/h5-6H,2-4,11H2,1H3,(H,12,13). The molecular formula is C9H14BrN3O. The van der Waals surface area contributed by atoms with Crippen LogP contribution in [-0.4, -0.2) is 25.2 Å². The molecule has 0 aliphatic rings. The molecule has 1 rings (SSSR count). The van der Waals surface area contributed by atoms with Crippen molar-refractivity contribution in [3.63, 3.8) is 0 Å². The van der Waals surface area contributed by atoms with E-state index in [-0.39, 0.29) is 0 Å². The van der Waals surface area contributed by atoms with E-state index in [0.29, 0.717) is 5.69 Å². The molecule has 0 spiro atoms. The van der Waals surface area contributed by atoms with Crippen molar-refractivity contribution in [3.8, 4) is 0 Å². The number of methoxy groups -OCH3 is 1. The highest BCUT2D eigenvalue weighted by atomic mass is 79.9. The molecule has 0 amide bonds. The van der Waals surface area contributed by atoms with E-state index in [2.05, 4.69) is 26.2 Å². The summed E-state index contributed by atoms with van der Waals surface area (Å²) in [7, 11) is 1.69. The maximum absolute atomic E-state index is 5.75. The van der Waals surface area contributed by atoms with Crippen LogP contribution in [0.5, 0.6) is 0 Å². The lowest BCUT2D eigenvalue weighted by Gasteiger charge is -2.10. The van der Waals surface area contributed by atoms with Gasteiger partial charge in [-0.25, -0.2) is 0 Å². The van der Waals surface area contributed by atoms with Gasteiger partial charge < -0.3 is 15.8 Å². The average Bonchev–Trinajstić information content (AvgIpc) is 2.16. The van der Waals surface area contributed by atoms with E-state index >= 15 is 0 Å². The zero-order valence-electron chi connectivity index (χ0n) is 8.09. The fourth-order valence-electron chi connectivity index (χ4n) is 1.07. The summed E-state index contributed by atoms with van der Waals surface area (Å²) in [6, 6.07) is 0. The van der Waals surface area contributed by atoms with Crippen LogP contribution in [0.2, 0.25) is 0 Å². The number of pyridine rings is 1. The minimum atomic E-state index is 0.650. The van der Waals surface area contributed by atoms with Gasteiger partial charge in [-0.15, -0.1) is 0 Å². The monoisotopic (exact) mass is 259 g/mol. The van der Waals surface area contributed by atoms with Gasteiger partial charge in [0.2, 0.25) is 0 Å². The van der Waals surface area contributed by atoms with Crippen LogP contribution >= 0.6 is 15.9 Å². The highest BCUT2D eigenvalue weighted by Crippen LogP contribution is 2.26. The summed E-state index contributed by atoms with van der Waals surface area (Å²) in [5, 5.41) is 3.22. The van der Waals surface area contributed by atoms with E-state index in [1.165, 1.54) is 0 Å². The summed E-state index contributed by atoms with van der Waals surface area (Å²) in [6.07, 6.45) is 4.29. The lowest BCUT2D eigenvalue weighted by atomic mass is 10.3. The van der Waals surface area contributed by atoms with Crippen molar-refractivity contribution in [2.24, 2.45) is 0 Å². The Bertz CT molecular complexity index is 273. The number of halogens is 1. The van der Waals surface area contributed by atoms with Gasteiger partial charge in [-0.05, 0) is 22.4 Å².